The summed E-state index contributed by atoms with van der Waals surface area (Å²) in [6.45, 7) is 0. The lowest BCUT2D eigenvalue weighted by molar-refractivity contribution is 0.504. The van der Waals surface area contributed by atoms with E-state index in [2.05, 4.69) is 25.1 Å². The number of benzene rings is 1. The normalized spacial score (nSPS) is 11.2. The highest BCUT2D eigenvalue weighted by molar-refractivity contribution is 5.94. The van der Waals surface area contributed by atoms with Gasteiger partial charge in [-0.25, -0.2) is 13.8 Å². The number of rotatable bonds is 3. The standard InChI is InChI=1S/C20H12F2N6/c21-16-2-1-3-17(18(16)22)28-11-26-27-20(28)15-10-25-19-14(15)8-13(9-24-19)12-4-6-23-7-5-12/h1-11H,(H,24,25). The summed E-state index contributed by atoms with van der Waals surface area (Å²) in [5, 5.41) is 8.81. The Morgan fingerprint density at radius 1 is 1.00 bits per heavy atom. The van der Waals surface area contributed by atoms with Crippen molar-refractivity contribution in [2.75, 3.05) is 0 Å². The average Bonchev–Trinajstić information content (AvgIpc) is 3.37. The highest BCUT2D eigenvalue weighted by atomic mass is 19.2. The zero-order chi connectivity index (χ0) is 19.1. The number of hydrogen-bond acceptors (Lipinski definition) is 4. The second kappa shape index (κ2) is 6.34. The van der Waals surface area contributed by atoms with E-state index in [-0.39, 0.29) is 5.69 Å². The maximum atomic E-state index is 14.3. The van der Waals surface area contributed by atoms with Crippen LogP contribution in [0, 0.1) is 11.6 Å². The molecule has 0 saturated carbocycles. The highest BCUT2D eigenvalue weighted by Gasteiger charge is 2.18. The monoisotopic (exact) mass is 374 g/mol. The van der Waals surface area contributed by atoms with E-state index >= 15 is 0 Å². The van der Waals surface area contributed by atoms with Crippen molar-refractivity contribution in [3.63, 3.8) is 0 Å². The second-order valence-corrected chi connectivity index (χ2v) is 6.16. The first-order chi connectivity index (χ1) is 13.7. The largest absolute Gasteiger partial charge is 0.345 e. The van der Waals surface area contributed by atoms with Gasteiger partial charge in [0, 0.05) is 41.3 Å². The van der Waals surface area contributed by atoms with Crippen molar-refractivity contribution in [2.24, 2.45) is 0 Å². The number of halogens is 2. The van der Waals surface area contributed by atoms with Gasteiger partial charge in [-0.3, -0.25) is 9.55 Å². The van der Waals surface area contributed by atoms with Gasteiger partial charge in [0.25, 0.3) is 0 Å². The molecule has 0 amide bonds. The molecule has 0 atom stereocenters. The van der Waals surface area contributed by atoms with Crippen molar-refractivity contribution in [3.05, 3.63) is 79.1 Å². The minimum absolute atomic E-state index is 0.0348. The molecule has 1 aromatic carbocycles. The first-order valence-corrected chi connectivity index (χ1v) is 8.44. The molecule has 136 valence electrons. The maximum absolute atomic E-state index is 14.3. The Morgan fingerprint density at radius 3 is 2.71 bits per heavy atom. The lowest BCUT2D eigenvalue weighted by Gasteiger charge is -2.08. The van der Waals surface area contributed by atoms with Gasteiger partial charge in [0.2, 0.25) is 0 Å². The van der Waals surface area contributed by atoms with Crippen LogP contribution in [0.5, 0.6) is 0 Å². The second-order valence-electron chi connectivity index (χ2n) is 6.16. The fourth-order valence-corrected chi connectivity index (χ4v) is 3.16. The molecule has 8 heteroatoms. The molecule has 0 aliphatic carbocycles. The molecule has 5 rings (SSSR count). The first-order valence-electron chi connectivity index (χ1n) is 8.44. The minimum atomic E-state index is -0.959. The molecule has 4 aromatic heterocycles. The molecule has 0 aliphatic rings. The Hall–Kier alpha value is -3.94. The summed E-state index contributed by atoms with van der Waals surface area (Å²) in [7, 11) is 0. The van der Waals surface area contributed by atoms with Gasteiger partial charge in [-0.2, -0.15) is 0 Å². The molecule has 0 spiro atoms. The number of aromatic nitrogens is 6. The predicted octanol–water partition coefficient (Wildman–Crippen LogP) is 4.15. The van der Waals surface area contributed by atoms with E-state index < -0.39 is 11.6 Å². The molecule has 0 aliphatic heterocycles. The third-order valence-electron chi connectivity index (χ3n) is 4.52. The summed E-state index contributed by atoms with van der Waals surface area (Å²) in [6.07, 6.45) is 8.26. The van der Waals surface area contributed by atoms with E-state index in [4.69, 9.17) is 0 Å². The van der Waals surface area contributed by atoms with Crippen LogP contribution in [-0.2, 0) is 0 Å². The molecule has 0 fully saturated rings. The van der Waals surface area contributed by atoms with E-state index in [0.29, 0.717) is 17.0 Å². The van der Waals surface area contributed by atoms with Crippen molar-refractivity contribution in [1.29, 1.82) is 0 Å². The van der Waals surface area contributed by atoms with E-state index in [1.807, 2.05) is 18.2 Å². The van der Waals surface area contributed by atoms with Gasteiger partial charge in [-0.05, 0) is 35.9 Å². The van der Waals surface area contributed by atoms with Crippen LogP contribution in [0.1, 0.15) is 0 Å². The van der Waals surface area contributed by atoms with Crippen molar-refractivity contribution in [2.45, 2.75) is 0 Å². The van der Waals surface area contributed by atoms with Crippen LogP contribution in [0.25, 0.3) is 39.2 Å². The molecule has 0 unspecified atom stereocenters. The van der Waals surface area contributed by atoms with Crippen LogP contribution in [0.2, 0.25) is 0 Å². The van der Waals surface area contributed by atoms with Crippen LogP contribution in [0.15, 0.2) is 67.5 Å². The van der Waals surface area contributed by atoms with Crippen LogP contribution >= 0.6 is 0 Å². The van der Waals surface area contributed by atoms with Crippen molar-refractivity contribution < 1.29 is 8.78 Å². The summed E-state index contributed by atoms with van der Waals surface area (Å²) < 4.78 is 29.4. The molecular weight excluding hydrogens is 362 g/mol. The first kappa shape index (κ1) is 16.2. The zero-order valence-electron chi connectivity index (χ0n) is 14.3. The Kier molecular flexibility index (Phi) is 3.68. The van der Waals surface area contributed by atoms with Crippen molar-refractivity contribution >= 4 is 11.0 Å². The fourth-order valence-electron chi connectivity index (χ4n) is 3.16. The number of pyridine rings is 2. The smallest absolute Gasteiger partial charge is 0.182 e. The number of nitrogens with zero attached hydrogens (tertiary/aromatic N) is 5. The maximum Gasteiger partial charge on any atom is 0.182 e. The highest BCUT2D eigenvalue weighted by Crippen LogP contribution is 2.31. The van der Waals surface area contributed by atoms with E-state index in [1.54, 1.807) is 24.8 Å². The van der Waals surface area contributed by atoms with E-state index in [1.165, 1.54) is 23.0 Å². The molecule has 1 N–H and O–H groups in total. The van der Waals surface area contributed by atoms with Crippen LogP contribution in [0.4, 0.5) is 8.78 Å². The van der Waals surface area contributed by atoms with Crippen LogP contribution in [-0.4, -0.2) is 29.7 Å². The Bertz CT molecular complexity index is 1290. The Labute approximate surface area is 157 Å². The zero-order valence-corrected chi connectivity index (χ0v) is 14.3. The van der Waals surface area contributed by atoms with Crippen molar-refractivity contribution in [3.8, 4) is 28.2 Å². The Morgan fingerprint density at radius 2 is 1.86 bits per heavy atom. The van der Waals surface area contributed by atoms with Crippen molar-refractivity contribution in [1.82, 2.24) is 29.7 Å². The van der Waals surface area contributed by atoms with Crippen LogP contribution in [0.3, 0.4) is 0 Å². The molecule has 0 radical (unpaired) electrons. The molecular formula is C20H12F2N6. The third kappa shape index (κ3) is 2.54. The summed E-state index contributed by atoms with van der Waals surface area (Å²) in [5.74, 6) is -1.51. The Balaban J connectivity index is 1.69. The fraction of sp³-hybridized carbons (Fsp3) is 0. The number of fused-ring (bicyclic) bond motifs is 1. The summed E-state index contributed by atoms with van der Waals surface area (Å²) in [4.78, 5) is 11.6. The molecule has 4 heterocycles. The molecule has 28 heavy (non-hydrogen) atoms. The number of aromatic amines is 1. The van der Waals surface area contributed by atoms with Crippen LogP contribution < -0.4 is 0 Å². The van der Waals surface area contributed by atoms with Gasteiger partial charge >= 0.3 is 0 Å². The molecule has 5 aromatic rings. The lowest BCUT2D eigenvalue weighted by atomic mass is 10.1. The third-order valence-corrected chi connectivity index (χ3v) is 4.52. The summed E-state index contributed by atoms with van der Waals surface area (Å²) in [5.41, 5.74) is 3.24. The molecule has 0 bridgehead atoms. The summed E-state index contributed by atoms with van der Waals surface area (Å²) in [6, 6.07) is 9.72. The number of nitrogens with one attached hydrogen (secondary N) is 1. The predicted molar refractivity (Wildman–Crippen MR) is 99.6 cm³/mol. The van der Waals surface area contributed by atoms with Gasteiger partial charge in [-0.15, -0.1) is 10.2 Å². The number of hydrogen-bond donors (Lipinski definition) is 1. The van der Waals surface area contributed by atoms with Gasteiger partial charge in [0.1, 0.15) is 12.0 Å². The van der Waals surface area contributed by atoms with E-state index in [0.717, 1.165) is 22.6 Å². The minimum Gasteiger partial charge on any atom is -0.345 e. The SMILES string of the molecule is Fc1cccc(-n2cnnc2-c2c[nH]c3ncc(-c4ccncc4)cc23)c1F. The molecule has 6 nitrogen and oxygen atoms in total. The topological polar surface area (TPSA) is 72.3 Å². The van der Waals surface area contributed by atoms with Gasteiger partial charge < -0.3 is 4.98 Å². The lowest BCUT2D eigenvalue weighted by Crippen LogP contribution is -2.01. The summed E-state index contributed by atoms with van der Waals surface area (Å²) >= 11 is 0. The molecule has 0 saturated heterocycles. The van der Waals surface area contributed by atoms with Gasteiger partial charge in [-0.1, -0.05) is 6.07 Å². The quantitative estimate of drug-likeness (QED) is 0.515. The van der Waals surface area contributed by atoms with E-state index in [9.17, 15) is 8.78 Å². The van der Waals surface area contributed by atoms with Gasteiger partial charge in [0.05, 0.1) is 5.69 Å². The number of H-pyrrole nitrogens is 1. The average molecular weight is 374 g/mol. The van der Waals surface area contributed by atoms with Gasteiger partial charge in [0.15, 0.2) is 17.5 Å².